The van der Waals surface area contributed by atoms with Gasteiger partial charge in [-0.3, -0.25) is 15.8 Å². The molecule has 1 aromatic carbocycles. The zero-order chi connectivity index (χ0) is 33.7. The van der Waals surface area contributed by atoms with Crippen LogP contribution in [-0.2, 0) is 4.74 Å². The Morgan fingerprint density at radius 3 is 2.20 bits per heavy atom. The van der Waals surface area contributed by atoms with Crippen molar-refractivity contribution in [3.05, 3.63) is 28.6 Å². The second kappa shape index (κ2) is 11.0. The number of hydrogen-bond donors (Lipinski definition) is 4. The van der Waals surface area contributed by atoms with Crippen LogP contribution >= 0.6 is 0 Å². The number of rotatable bonds is 6. The predicted molar refractivity (Wildman–Crippen MR) is 181 cm³/mol. The van der Waals surface area contributed by atoms with Crippen LogP contribution in [0, 0.1) is 55.7 Å². The van der Waals surface area contributed by atoms with Gasteiger partial charge in [-0.25, -0.2) is 0 Å². The maximum absolute atomic E-state index is 11.2. The van der Waals surface area contributed by atoms with Crippen LogP contribution in [0.4, 0.5) is 17.1 Å². The van der Waals surface area contributed by atoms with Crippen molar-refractivity contribution in [3.8, 4) is 0 Å². The molecule has 0 aromatic heterocycles. The predicted octanol–water partition coefficient (Wildman–Crippen LogP) is 8.24. The van der Waals surface area contributed by atoms with Gasteiger partial charge in [0.25, 0.3) is 0 Å². The average Bonchev–Trinajstić information content (AvgIpc) is 3.54. The molecule has 5 fully saturated rings. The number of nitrogens with zero attached hydrogens (tertiary/aromatic N) is 3. The van der Waals surface area contributed by atoms with E-state index in [0.29, 0.717) is 29.4 Å². The lowest BCUT2D eigenvalue weighted by Crippen LogP contribution is -2.63. The quantitative estimate of drug-likeness (QED) is 0.226. The molecule has 4 N–H and O–H groups in total. The normalized spacial score (nSPS) is 42.7. The Balaban J connectivity index is 1.23. The lowest BCUT2D eigenvalue weighted by atomic mass is 9.35. The van der Waals surface area contributed by atoms with Crippen molar-refractivity contribution in [3.63, 3.8) is 0 Å². The van der Waals surface area contributed by atoms with Crippen LogP contribution in [0.1, 0.15) is 120 Å². The summed E-state index contributed by atoms with van der Waals surface area (Å²) < 4.78 is 6.77. The maximum atomic E-state index is 11.2. The molecule has 1 saturated heterocycles. The zero-order valence-electron chi connectivity index (χ0n) is 29.1. The van der Waals surface area contributed by atoms with Crippen molar-refractivity contribution < 1.29 is 20.3 Å². The summed E-state index contributed by atoms with van der Waals surface area (Å²) >= 11 is 0. The van der Waals surface area contributed by atoms with Crippen LogP contribution in [0.3, 0.4) is 0 Å². The van der Waals surface area contributed by atoms with Crippen molar-refractivity contribution in [2.45, 2.75) is 137 Å². The van der Waals surface area contributed by atoms with E-state index in [-0.39, 0.29) is 50.0 Å². The number of fused-ring (bicyclic) bond motifs is 5. The average molecular weight is 641 g/mol. The van der Waals surface area contributed by atoms with Crippen LogP contribution in [0.2, 0.25) is 0 Å². The molecule has 4 saturated carbocycles. The maximum Gasteiger partial charge on any atom is 0.121 e. The van der Waals surface area contributed by atoms with Crippen LogP contribution in [0.25, 0.3) is 0 Å². The van der Waals surface area contributed by atoms with E-state index in [1.165, 1.54) is 44.2 Å². The molecule has 10 nitrogen and oxygen atoms in total. The molecule has 1 aromatic rings. The summed E-state index contributed by atoms with van der Waals surface area (Å²) in [4.78, 5) is 0. The molecule has 9 unspecified atom stereocenters. The summed E-state index contributed by atoms with van der Waals surface area (Å²) in [5.74, 6) is 2.23. The largest absolute Gasteiger partial charge is 0.769 e. The third kappa shape index (κ3) is 5.00. The highest BCUT2D eigenvalue weighted by molar-refractivity contribution is 5.92. The van der Waals surface area contributed by atoms with Gasteiger partial charge < -0.3 is 25.5 Å². The molecule has 0 spiro atoms. The fourth-order valence-corrected chi connectivity index (χ4v) is 12.1. The van der Waals surface area contributed by atoms with Gasteiger partial charge in [-0.1, -0.05) is 34.6 Å². The van der Waals surface area contributed by atoms with Gasteiger partial charge in [0.05, 0.1) is 23.0 Å². The first kappa shape index (κ1) is 33.9. The molecule has 1 aliphatic heterocycles. The van der Waals surface area contributed by atoms with E-state index in [0.717, 1.165) is 43.9 Å². The molecule has 258 valence electrons. The second-order valence-corrected chi connectivity index (χ2v) is 17.6. The topological polar surface area (TPSA) is 147 Å². The SMILES string of the molecule is CC(C)(O)C1CCC(C)(C2CCC3(C)C2CCC2C4(C)CCC(=NNc5ccc(N([O-])[O-])cc5N(O)O)C(C)(C)C4CCC23C)O1. The Bertz CT molecular complexity index is 1360. The Kier molecular flexibility index (Phi) is 8.14. The number of hydrazone groups is 1. The van der Waals surface area contributed by atoms with E-state index in [1.54, 1.807) is 0 Å². The second-order valence-electron chi connectivity index (χ2n) is 17.6. The molecule has 9 atom stereocenters. The van der Waals surface area contributed by atoms with Crippen LogP contribution in [0.15, 0.2) is 23.3 Å². The number of ether oxygens (including phenoxy) is 1. The lowest BCUT2D eigenvalue weighted by molar-refractivity contribution is -0.201. The number of aliphatic hydroxyl groups is 1. The Labute approximate surface area is 274 Å². The highest BCUT2D eigenvalue weighted by Gasteiger charge is 2.69. The molecule has 1 heterocycles. The van der Waals surface area contributed by atoms with Crippen LogP contribution in [0.5, 0.6) is 0 Å². The summed E-state index contributed by atoms with van der Waals surface area (Å²) in [5.41, 5.74) is 3.50. The highest BCUT2D eigenvalue weighted by atomic mass is 16.8. The number of nitrogens with one attached hydrogen (secondary N) is 1. The van der Waals surface area contributed by atoms with Gasteiger partial charge >= 0.3 is 0 Å². The molecular formula is C36H56N4O6-2. The van der Waals surface area contributed by atoms with Crippen molar-refractivity contribution >= 4 is 22.8 Å². The van der Waals surface area contributed by atoms with Crippen molar-refractivity contribution in [2.75, 3.05) is 15.9 Å². The van der Waals surface area contributed by atoms with Gasteiger partial charge in [0, 0.05) is 16.8 Å². The van der Waals surface area contributed by atoms with Crippen LogP contribution < -0.4 is 15.9 Å². The first-order chi connectivity index (χ1) is 21.3. The minimum Gasteiger partial charge on any atom is -0.769 e. The van der Waals surface area contributed by atoms with Crippen molar-refractivity contribution in [2.24, 2.45) is 50.4 Å². The Morgan fingerprint density at radius 1 is 0.870 bits per heavy atom. The van der Waals surface area contributed by atoms with E-state index < -0.39 is 10.8 Å². The van der Waals surface area contributed by atoms with Crippen molar-refractivity contribution in [1.82, 2.24) is 0 Å². The van der Waals surface area contributed by atoms with E-state index in [9.17, 15) is 25.9 Å². The third-order valence-corrected chi connectivity index (χ3v) is 14.8. The fourth-order valence-electron chi connectivity index (χ4n) is 12.1. The van der Waals surface area contributed by atoms with E-state index in [4.69, 9.17) is 9.84 Å². The fraction of sp³-hybridized carbons (Fsp3) is 0.806. The number of hydrogen-bond acceptors (Lipinski definition) is 10. The number of anilines is 3. The minimum atomic E-state index is -0.816. The van der Waals surface area contributed by atoms with Gasteiger partial charge in [-0.05, 0) is 143 Å². The molecule has 0 amide bonds. The van der Waals surface area contributed by atoms with E-state index in [2.05, 4.69) is 47.0 Å². The van der Waals surface area contributed by atoms with E-state index in [1.807, 2.05) is 13.8 Å². The molecule has 5 aliphatic rings. The molecule has 6 rings (SSSR count). The van der Waals surface area contributed by atoms with Gasteiger partial charge in [0.2, 0.25) is 0 Å². The van der Waals surface area contributed by atoms with Gasteiger partial charge in [-0.15, -0.1) is 5.23 Å². The standard InChI is InChI=1S/C36H56N4O6/c1-31(2)27-14-19-35(7)28(12-10-23-24(13-18-34(23,35)6)36(8)20-16-30(46-36)32(3,4)41)33(27,5)17-15-29(31)38-37-25-11-9-22(39(42)43)21-26(25)40(44)45/h9,11,21,23-24,27-28,30,37,41,44-45H,10,12-20H2,1-8H3/q-2. The summed E-state index contributed by atoms with van der Waals surface area (Å²) in [7, 11) is 0. The van der Waals surface area contributed by atoms with Crippen LogP contribution in [-0.4, -0.2) is 38.5 Å². The lowest BCUT2D eigenvalue weighted by Gasteiger charge is -2.69. The molecule has 4 aliphatic carbocycles. The zero-order valence-corrected chi connectivity index (χ0v) is 29.1. The third-order valence-electron chi connectivity index (χ3n) is 14.8. The smallest absolute Gasteiger partial charge is 0.121 e. The highest BCUT2D eigenvalue weighted by Crippen LogP contribution is 2.76. The monoisotopic (exact) mass is 640 g/mol. The molecular weight excluding hydrogens is 584 g/mol. The summed E-state index contributed by atoms with van der Waals surface area (Å²) in [6.45, 7) is 18.5. The minimum absolute atomic E-state index is 0.0985. The van der Waals surface area contributed by atoms with Gasteiger partial charge in [0.1, 0.15) is 5.69 Å². The molecule has 0 radical (unpaired) electrons. The Hall–Kier alpha value is -1.95. The van der Waals surface area contributed by atoms with Crippen molar-refractivity contribution in [1.29, 1.82) is 0 Å². The first-order valence-corrected chi connectivity index (χ1v) is 17.5. The summed E-state index contributed by atoms with van der Waals surface area (Å²) in [5, 5.41) is 56.9. The molecule has 0 bridgehead atoms. The summed E-state index contributed by atoms with van der Waals surface area (Å²) in [6.07, 6.45) is 11.0. The van der Waals surface area contributed by atoms with Gasteiger partial charge in [-0.2, -0.15) is 5.10 Å². The first-order valence-electron chi connectivity index (χ1n) is 17.5. The van der Waals surface area contributed by atoms with Gasteiger partial charge in [0.15, 0.2) is 0 Å². The molecule has 46 heavy (non-hydrogen) atoms. The number of benzene rings is 1. The Morgan fingerprint density at radius 2 is 1.57 bits per heavy atom. The van der Waals surface area contributed by atoms with E-state index >= 15 is 0 Å². The summed E-state index contributed by atoms with van der Waals surface area (Å²) in [6, 6.07) is 3.90. The molecule has 10 heteroatoms.